The van der Waals surface area contributed by atoms with Gasteiger partial charge in [-0.3, -0.25) is 9.69 Å². The number of likely N-dealkylation sites (N-methyl/N-ethyl adjacent to an activating group) is 1. The van der Waals surface area contributed by atoms with E-state index in [0.717, 1.165) is 38.9 Å². The number of hydrogen-bond donors (Lipinski definition) is 1. The highest BCUT2D eigenvalue weighted by molar-refractivity contribution is 5.78. The molecule has 0 aromatic rings. The highest BCUT2D eigenvalue weighted by atomic mass is 16.2. The van der Waals surface area contributed by atoms with Crippen LogP contribution < -0.4 is 5.73 Å². The Labute approximate surface area is 111 Å². The minimum Gasteiger partial charge on any atom is -0.342 e. The molecule has 1 rings (SSSR count). The minimum atomic E-state index is -0.0554. The summed E-state index contributed by atoms with van der Waals surface area (Å²) in [4.78, 5) is 16.5. The topological polar surface area (TPSA) is 49.6 Å². The molecule has 0 spiro atoms. The second kappa shape index (κ2) is 7.10. The van der Waals surface area contributed by atoms with Crippen molar-refractivity contribution in [2.45, 2.75) is 52.0 Å². The highest BCUT2D eigenvalue weighted by Gasteiger charge is 2.30. The van der Waals surface area contributed by atoms with E-state index in [2.05, 4.69) is 25.7 Å². The van der Waals surface area contributed by atoms with Crippen LogP contribution in [0.25, 0.3) is 0 Å². The van der Waals surface area contributed by atoms with Gasteiger partial charge in [0.05, 0.1) is 6.54 Å². The summed E-state index contributed by atoms with van der Waals surface area (Å²) in [7, 11) is 0. The van der Waals surface area contributed by atoms with Gasteiger partial charge >= 0.3 is 0 Å². The van der Waals surface area contributed by atoms with Gasteiger partial charge < -0.3 is 10.6 Å². The van der Waals surface area contributed by atoms with Crippen molar-refractivity contribution >= 4 is 5.91 Å². The van der Waals surface area contributed by atoms with E-state index in [1.165, 1.54) is 6.42 Å². The summed E-state index contributed by atoms with van der Waals surface area (Å²) in [5.41, 5.74) is 5.83. The summed E-state index contributed by atoms with van der Waals surface area (Å²) in [5, 5.41) is 0. The van der Waals surface area contributed by atoms with Crippen LogP contribution in [0.15, 0.2) is 0 Å². The molecule has 1 atom stereocenters. The number of carbonyl (C=O) groups excluding carboxylic acids is 1. The van der Waals surface area contributed by atoms with Crippen LogP contribution in [0.3, 0.4) is 0 Å². The molecule has 1 saturated heterocycles. The summed E-state index contributed by atoms with van der Waals surface area (Å²) in [6.07, 6.45) is 4.54. The van der Waals surface area contributed by atoms with Crippen molar-refractivity contribution in [1.82, 2.24) is 9.80 Å². The first-order valence-corrected chi connectivity index (χ1v) is 7.30. The molecule has 0 bridgehead atoms. The lowest BCUT2D eigenvalue weighted by Crippen LogP contribution is -2.55. The molecular formula is C14H29N3O. The van der Waals surface area contributed by atoms with Crippen molar-refractivity contribution in [2.24, 2.45) is 5.73 Å². The maximum absolute atomic E-state index is 12.3. The number of likely N-dealkylation sites (tertiary alicyclic amines) is 1. The number of nitrogens with zero attached hydrogens (tertiary/aromatic N) is 2. The van der Waals surface area contributed by atoms with E-state index < -0.39 is 0 Å². The van der Waals surface area contributed by atoms with E-state index in [-0.39, 0.29) is 11.4 Å². The first-order valence-electron chi connectivity index (χ1n) is 7.30. The zero-order valence-electron chi connectivity index (χ0n) is 12.2. The lowest BCUT2D eigenvalue weighted by Gasteiger charge is -2.40. The average Bonchev–Trinajstić information content (AvgIpc) is 2.44. The maximum atomic E-state index is 12.3. The molecule has 4 nitrogen and oxygen atoms in total. The van der Waals surface area contributed by atoms with Gasteiger partial charge in [-0.05, 0) is 39.2 Å². The smallest absolute Gasteiger partial charge is 0.236 e. The summed E-state index contributed by atoms with van der Waals surface area (Å²) >= 11 is 0. The third kappa shape index (κ3) is 3.69. The molecule has 0 saturated carbocycles. The van der Waals surface area contributed by atoms with E-state index in [0.29, 0.717) is 13.1 Å². The van der Waals surface area contributed by atoms with Crippen molar-refractivity contribution in [1.29, 1.82) is 0 Å². The van der Waals surface area contributed by atoms with Gasteiger partial charge in [0.15, 0.2) is 0 Å². The minimum absolute atomic E-state index is 0.0554. The third-order valence-electron chi connectivity index (χ3n) is 4.38. The summed E-state index contributed by atoms with van der Waals surface area (Å²) in [6.45, 7) is 10.3. The third-order valence-corrected chi connectivity index (χ3v) is 4.38. The van der Waals surface area contributed by atoms with Crippen molar-refractivity contribution < 1.29 is 4.79 Å². The Hall–Kier alpha value is -0.610. The Morgan fingerprint density at radius 2 is 1.89 bits per heavy atom. The molecule has 4 heteroatoms. The zero-order chi connectivity index (χ0) is 13.6. The SMILES string of the molecule is CCN(CC(=O)N1CCCCC1)C(C)(CC)CN. The van der Waals surface area contributed by atoms with Crippen LogP contribution in [-0.2, 0) is 4.79 Å². The van der Waals surface area contributed by atoms with Crippen LogP contribution in [-0.4, -0.2) is 54.0 Å². The average molecular weight is 255 g/mol. The largest absolute Gasteiger partial charge is 0.342 e. The Balaban J connectivity index is 2.59. The van der Waals surface area contributed by atoms with Crippen LogP contribution in [0.1, 0.15) is 46.5 Å². The predicted molar refractivity (Wildman–Crippen MR) is 75.4 cm³/mol. The summed E-state index contributed by atoms with van der Waals surface area (Å²) < 4.78 is 0. The number of amides is 1. The lowest BCUT2D eigenvalue weighted by atomic mass is 9.96. The first-order chi connectivity index (χ1) is 8.57. The Morgan fingerprint density at radius 1 is 1.28 bits per heavy atom. The van der Waals surface area contributed by atoms with Gasteiger partial charge in [-0.15, -0.1) is 0 Å². The Morgan fingerprint density at radius 3 is 2.33 bits per heavy atom. The van der Waals surface area contributed by atoms with Gasteiger partial charge in [0.1, 0.15) is 0 Å². The Kier molecular flexibility index (Phi) is 6.09. The van der Waals surface area contributed by atoms with E-state index in [4.69, 9.17) is 5.73 Å². The molecule has 0 radical (unpaired) electrons. The van der Waals surface area contributed by atoms with E-state index >= 15 is 0 Å². The number of nitrogens with two attached hydrogens (primary N) is 1. The highest BCUT2D eigenvalue weighted by Crippen LogP contribution is 2.18. The van der Waals surface area contributed by atoms with Gasteiger partial charge in [-0.25, -0.2) is 0 Å². The van der Waals surface area contributed by atoms with Gasteiger partial charge in [0, 0.05) is 25.2 Å². The van der Waals surface area contributed by atoms with Crippen LogP contribution in [0.4, 0.5) is 0 Å². The second-order valence-electron chi connectivity index (χ2n) is 5.51. The molecule has 0 aromatic carbocycles. The molecule has 1 unspecified atom stereocenters. The Bertz CT molecular complexity index is 258. The van der Waals surface area contributed by atoms with E-state index in [9.17, 15) is 4.79 Å². The molecule has 1 aliphatic heterocycles. The predicted octanol–water partition coefficient (Wildman–Crippen LogP) is 1.45. The number of hydrogen-bond acceptors (Lipinski definition) is 3. The maximum Gasteiger partial charge on any atom is 0.236 e. The molecule has 1 aliphatic rings. The van der Waals surface area contributed by atoms with Crippen molar-refractivity contribution in [3.63, 3.8) is 0 Å². The first kappa shape index (κ1) is 15.4. The molecule has 106 valence electrons. The number of carbonyl (C=O) groups is 1. The van der Waals surface area contributed by atoms with Gasteiger partial charge in [0.2, 0.25) is 5.91 Å². The molecule has 2 N–H and O–H groups in total. The molecule has 18 heavy (non-hydrogen) atoms. The quantitative estimate of drug-likeness (QED) is 0.781. The van der Waals surface area contributed by atoms with Gasteiger partial charge in [-0.2, -0.15) is 0 Å². The van der Waals surface area contributed by atoms with Gasteiger partial charge in [0.25, 0.3) is 0 Å². The van der Waals surface area contributed by atoms with Crippen LogP contribution in [0, 0.1) is 0 Å². The fraction of sp³-hybridized carbons (Fsp3) is 0.929. The molecule has 0 aromatic heterocycles. The van der Waals surface area contributed by atoms with Crippen molar-refractivity contribution in [2.75, 3.05) is 32.7 Å². The molecule has 1 fully saturated rings. The fourth-order valence-corrected chi connectivity index (χ4v) is 2.59. The molecular weight excluding hydrogens is 226 g/mol. The monoisotopic (exact) mass is 255 g/mol. The normalized spacial score (nSPS) is 19.9. The molecule has 1 heterocycles. The van der Waals surface area contributed by atoms with E-state index in [1.807, 2.05) is 4.90 Å². The molecule has 0 aliphatic carbocycles. The lowest BCUT2D eigenvalue weighted by molar-refractivity contribution is -0.134. The van der Waals surface area contributed by atoms with Crippen LogP contribution in [0.5, 0.6) is 0 Å². The standard InChI is InChI=1S/C14H29N3O/c1-4-14(3,12-15)17(5-2)11-13(18)16-9-7-6-8-10-16/h4-12,15H2,1-3H3. The number of piperidine rings is 1. The van der Waals surface area contributed by atoms with Crippen LogP contribution >= 0.6 is 0 Å². The second-order valence-corrected chi connectivity index (χ2v) is 5.51. The van der Waals surface area contributed by atoms with Gasteiger partial charge in [-0.1, -0.05) is 13.8 Å². The fourth-order valence-electron chi connectivity index (χ4n) is 2.59. The number of rotatable bonds is 6. The summed E-state index contributed by atoms with van der Waals surface area (Å²) in [6, 6.07) is 0. The van der Waals surface area contributed by atoms with Crippen molar-refractivity contribution in [3.05, 3.63) is 0 Å². The van der Waals surface area contributed by atoms with Crippen LogP contribution in [0.2, 0.25) is 0 Å². The summed E-state index contributed by atoms with van der Waals surface area (Å²) in [5.74, 6) is 0.268. The van der Waals surface area contributed by atoms with E-state index in [1.54, 1.807) is 0 Å². The zero-order valence-corrected chi connectivity index (χ0v) is 12.2. The van der Waals surface area contributed by atoms with Crippen molar-refractivity contribution in [3.8, 4) is 0 Å². The molecule has 1 amide bonds.